The summed E-state index contributed by atoms with van der Waals surface area (Å²) in [5.41, 5.74) is 3.02. The van der Waals surface area contributed by atoms with Crippen LogP contribution in [0, 0.1) is 0 Å². The van der Waals surface area contributed by atoms with Crippen LogP contribution in [-0.2, 0) is 0 Å². The third kappa shape index (κ3) is 3.33. The lowest BCUT2D eigenvalue weighted by Crippen LogP contribution is -2.33. The highest BCUT2D eigenvalue weighted by atomic mass is 32.1. The molecule has 26 heavy (non-hydrogen) atoms. The lowest BCUT2D eigenvalue weighted by molar-refractivity contribution is 0.0950. The van der Waals surface area contributed by atoms with E-state index >= 15 is 0 Å². The first-order valence-electron chi connectivity index (χ1n) is 7.81. The zero-order valence-corrected chi connectivity index (χ0v) is 14.2. The number of carbonyl (C=O) groups excluding carboxylic acids is 1. The molecule has 7 heteroatoms. The smallest absolute Gasteiger partial charge is 0.293 e. The summed E-state index contributed by atoms with van der Waals surface area (Å²) < 4.78 is 10.8. The summed E-state index contributed by atoms with van der Waals surface area (Å²) in [7, 11) is 0. The molecule has 4 aromatic rings. The van der Waals surface area contributed by atoms with Crippen molar-refractivity contribution in [3.63, 3.8) is 0 Å². The molecule has 128 valence electrons. The Morgan fingerprint density at radius 2 is 1.92 bits per heavy atom. The molecule has 0 unspecified atom stereocenters. The fourth-order valence-corrected chi connectivity index (χ4v) is 2.67. The highest BCUT2D eigenvalue weighted by molar-refractivity contribution is 7.80. The number of amides is 1. The van der Waals surface area contributed by atoms with Gasteiger partial charge in [-0.25, -0.2) is 4.98 Å². The van der Waals surface area contributed by atoms with Gasteiger partial charge in [0, 0.05) is 11.3 Å². The van der Waals surface area contributed by atoms with E-state index in [-0.39, 0.29) is 10.9 Å². The Hall–Kier alpha value is -3.45. The molecule has 0 bridgehead atoms. The third-order valence-electron chi connectivity index (χ3n) is 3.63. The van der Waals surface area contributed by atoms with Crippen LogP contribution in [0.2, 0.25) is 0 Å². The number of hydrogen-bond donors (Lipinski definition) is 2. The van der Waals surface area contributed by atoms with Crippen LogP contribution in [0.3, 0.4) is 0 Å². The molecule has 0 saturated carbocycles. The molecular weight excluding hydrogens is 350 g/mol. The molecule has 0 aliphatic rings. The van der Waals surface area contributed by atoms with Crippen molar-refractivity contribution >= 4 is 40.0 Å². The maximum atomic E-state index is 11.9. The van der Waals surface area contributed by atoms with Gasteiger partial charge in [0.15, 0.2) is 16.5 Å². The quantitative estimate of drug-likeness (QED) is 0.531. The minimum atomic E-state index is -0.414. The number of rotatable bonds is 3. The molecule has 0 radical (unpaired) electrons. The van der Waals surface area contributed by atoms with Gasteiger partial charge in [-0.05, 0) is 54.7 Å². The second-order valence-corrected chi connectivity index (χ2v) is 5.86. The monoisotopic (exact) mass is 363 g/mol. The van der Waals surface area contributed by atoms with Crippen molar-refractivity contribution in [2.75, 3.05) is 5.32 Å². The Bertz CT molecular complexity index is 1050. The van der Waals surface area contributed by atoms with Gasteiger partial charge in [0.05, 0.1) is 6.26 Å². The van der Waals surface area contributed by atoms with Gasteiger partial charge >= 0.3 is 0 Å². The molecule has 0 aliphatic carbocycles. The van der Waals surface area contributed by atoms with Crippen LogP contribution in [0.4, 0.5) is 5.69 Å². The first kappa shape index (κ1) is 16.0. The number of aromatic nitrogens is 1. The molecule has 0 fully saturated rings. The maximum absolute atomic E-state index is 11.9. The van der Waals surface area contributed by atoms with Gasteiger partial charge in [-0.2, -0.15) is 0 Å². The number of nitrogens with one attached hydrogen (secondary N) is 2. The Labute approximate surface area is 153 Å². The second kappa shape index (κ2) is 6.81. The third-order valence-corrected chi connectivity index (χ3v) is 3.84. The number of hydrogen-bond acceptors (Lipinski definition) is 5. The second-order valence-electron chi connectivity index (χ2n) is 5.45. The van der Waals surface area contributed by atoms with E-state index in [9.17, 15) is 4.79 Å². The normalized spacial score (nSPS) is 10.6. The average Bonchev–Trinajstić information content (AvgIpc) is 3.31. The molecule has 2 aromatic heterocycles. The Balaban J connectivity index is 1.50. The molecule has 6 nitrogen and oxygen atoms in total. The van der Waals surface area contributed by atoms with Crippen LogP contribution < -0.4 is 10.6 Å². The Morgan fingerprint density at radius 3 is 2.73 bits per heavy atom. The topological polar surface area (TPSA) is 80.3 Å². The number of thiocarbonyl (C=S) groups is 1. The molecule has 0 atom stereocenters. The van der Waals surface area contributed by atoms with E-state index in [1.165, 1.54) is 6.26 Å². The number of nitrogens with zero attached hydrogens (tertiary/aromatic N) is 1. The zero-order chi connectivity index (χ0) is 17.9. The van der Waals surface area contributed by atoms with Crippen molar-refractivity contribution in [2.45, 2.75) is 0 Å². The van der Waals surface area contributed by atoms with Gasteiger partial charge < -0.3 is 14.2 Å². The number of oxazole rings is 1. The summed E-state index contributed by atoms with van der Waals surface area (Å²) in [4.78, 5) is 16.4. The van der Waals surface area contributed by atoms with Gasteiger partial charge in [-0.1, -0.05) is 18.2 Å². The summed E-state index contributed by atoms with van der Waals surface area (Å²) >= 11 is 5.17. The summed E-state index contributed by atoms with van der Waals surface area (Å²) in [6, 6.07) is 18.2. The number of carbonyl (C=O) groups is 1. The van der Waals surface area contributed by atoms with Gasteiger partial charge in [0.1, 0.15) is 5.52 Å². The van der Waals surface area contributed by atoms with E-state index in [1.54, 1.807) is 12.1 Å². The van der Waals surface area contributed by atoms with Crippen LogP contribution in [0.25, 0.3) is 22.6 Å². The minimum Gasteiger partial charge on any atom is -0.459 e. The first-order valence-corrected chi connectivity index (χ1v) is 8.22. The lowest BCUT2D eigenvalue weighted by atomic mass is 10.2. The molecular formula is C19H13N3O3S. The van der Waals surface area contributed by atoms with E-state index in [2.05, 4.69) is 15.6 Å². The number of anilines is 1. The van der Waals surface area contributed by atoms with Gasteiger partial charge in [0.2, 0.25) is 5.89 Å². The minimum absolute atomic E-state index is 0.168. The number of para-hydroxylation sites is 2. The lowest BCUT2D eigenvalue weighted by Gasteiger charge is -2.09. The van der Waals surface area contributed by atoms with Crippen molar-refractivity contribution in [2.24, 2.45) is 0 Å². The van der Waals surface area contributed by atoms with Crippen LogP contribution >= 0.6 is 12.2 Å². The Morgan fingerprint density at radius 1 is 1.04 bits per heavy atom. The predicted molar refractivity (Wildman–Crippen MR) is 102 cm³/mol. The molecule has 2 N–H and O–H groups in total. The molecule has 0 saturated heterocycles. The number of fused-ring (bicyclic) bond motifs is 1. The van der Waals surface area contributed by atoms with Crippen molar-refractivity contribution in [3.05, 3.63) is 72.7 Å². The van der Waals surface area contributed by atoms with E-state index in [4.69, 9.17) is 21.1 Å². The van der Waals surface area contributed by atoms with E-state index < -0.39 is 5.91 Å². The fraction of sp³-hybridized carbons (Fsp3) is 0. The van der Waals surface area contributed by atoms with Crippen molar-refractivity contribution in [3.8, 4) is 11.5 Å². The molecule has 2 aromatic carbocycles. The highest BCUT2D eigenvalue weighted by Gasteiger charge is 2.12. The van der Waals surface area contributed by atoms with E-state index in [1.807, 2.05) is 48.5 Å². The van der Waals surface area contributed by atoms with E-state index in [0.29, 0.717) is 11.6 Å². The summed E-state index contributed by atoms with van der Waals surface area (Å²) in [5, 5.41) is 5.69. The van der Waals surface area contributed by atoms with Gasteiger partial charge in [-0.15, -0.1) is 0 Å². The highest BCUT2D eigenvalue weighted by Crippen LogP contribution is 2.26. The molecule has 1 amide bonds. The van der Waals surface area contributed by atoms with Gasteiger partial charge in [-0.3, -0.25) is 10.1 Å². The summed E-state index contributed by atoms with van der Waals surface area (Å²) in [6.07, 6.45) is 1.43. The number of furan rings is 1. The van der Waals surface area contributed by atoms with Crippen LogP contribution in [-0.4, -0.2) is 16.0 Å². The Kier molecular flexibility index (Phi) is 4.20. The largest absolute Gasteiger partial charge is 0.459 e. The molecule has 2 heterocycles. The van der Waals surface area contributed by atoms with Gasteiger partial charge in [0.25, 0.3) is 5.91 Å². The van der Waals surface area contributed by atoms with E-state index in [0.717, 1.165) is 16.7 Å². The summed E-state index contributed by atoms with van der Waals surface area (Å²) in [6.45, 7) is 0. The fourth-order valence-electron chi connectivity index (χ4n) is 2.46. The van der Waals surface area contributed by atoms with Crippen molar-refractivity contribution in [1.29, 1.82) is 0 Å². The predicted octanol–water partition coefficient (Wildman–Crippen LogP) is 4.21. The summed E-state index contributed by atoms with van der Waals surface area (Å²) in [5.74, 6) is 0.289. The van der Waals surface area contributed by atoms with Crippen LogP contribution in [0.1, 0.15) is 10.6 Å². The van der Waals surface area contributed by atoms with Crippen molar-refractivity contribution in [1.82, 2.24) is 10.3 Å². The molecule has 4 rings (SSSR count). The maximum Gasteiger partial charge on any atom is 0.293 e. The average molecular weight is 363 g/mol. The zero-order valence-electron chi connectivity index (χ0n) is 13.4. The van der Waals surface area contributed by atoms with Crippen LogP contribution in [0.15, 0.2) is 75.8 Å². The first-order chi connectivity index (χ1) is 12.7. The SMILES string of the molecule is O=C(NC(=S)Nc1cccc(-c2nc3ccccc3o2)c1)c1ccco1. The van der Waals surface area contributed by atoms with Crippen molar-refractivity contribution < 1.29 is 13.6 Å². The molecule has 0 spiro atoms. The van der Waals surface area contributed by atoms with Crippen LogP contribution in [0.5, 0.6) is 0 Å². The number of benzene rings is 2. The standard InChI is InChI=1S/C19H13N3O3S/c23-17(16-9-4-10-24-16)22-19(26)20-13-6-3-5-12(11-13)18-21-14-7-1-2-8-15(14)25-18/h1-11H,(H2,20,22,23,26). The molecule has 0 aliphatic heterocycles.